The molecule has 0 aliphatic heterocycles. The molecule has 0 aliphatic carbocycles. The van der Waals surface area contributed by atoms with Gasteiger partial charge in [-0.3, -0.25) is 5.10 Å². The number of carbonyl (C=O) groups excluding carboxylic acids is 1. The minimum Gasteiger partial charge on any atom is -0.494 e. The molecule has 0 radical (unpaired) electrons. The highest BCUT2D eigenvalue weighted by Gasteiger charge is 2.32. The van der Waals surface area contributed by atoms with E-state index in [-0.39, 0.29) is 18.1 Å². The lowest BCUT2D eigenvalue weighted by molar-refractivity contribution is -0.137. The normalized spacial score (nSPS) is 11.8. The summed E-state index contributed by atoms with van der Waals surface area (Å²) >= 11 is 0. The molecule has 0 atom stereocenters. The summed E-state index contributed by atoms with van der Waals surface area (Å²) in [7, 11) is 1.97. The number of ether oxygens (including phenoxy) is 1. The molecule has 0 saturated carbocycles. The average Bonchev–Trinajstić information content (AvgIpc) is 3.10. The van der Waals surface area contributed by atoms with Gasteiger partial charge in [0.25, 0.3) is 0 Å². The van der Waals surface area contributed by atoms with Gasteiger partial charge < -0.3 is 14.4 Å². The molecule has 2 aromatic rings. The van der Waals surface area contributed by atoms with E-state index < -0.39 is 11.7 Å². The van der Waals surface area contributed by atoms with Crippen LogP contribution in [0.25, 0.3) is 11.3 Å². The van der Waals surface area contributed by atoms with Crippen molar-refractivity contribution in [1.82, 2.24) is 15.1 Å². The Morgan fingerprint density at radius 1 is 1.24 bits per heavy atom. The quantitative estimate of drug-likeness (QED) is 0.524. The van der Waals surface area contributed by atoms with Crippen LogP contribution in [-0.4, -0.2) is 41.1 Å². The third-order valence-electron chi connectivity index (χ3n) is 4.52. The van der Waals surface area contributed by atoms with E-state index in [0.717, 1.165) is 37.1 Å². The first kappa shape index (κ1) is 22.9. The lowest BCUT2D eigenvalue weighted by atomic mass is 10.0. The molecule has 5 nitrogen and oxygen atoms in total. The first-order valence-corrected chi connectivity index (χ1v) is 9.76. The highest BCUT2D eigenvalue weighted by Crippen LogP contribution is 2.36. The van der Waals surface area contributed by atoms with Crippen molar-refractivity contribution in [1.29, 1.82) is 0 Å². The maximum atomic E-state index is 13.4. The summed E-state index contributed by atoms with van der Waals surface area (Å²) in [5, 5.41) is 6.86. The monoisotopic (exact) mass is 411 g/mol. The molecule has 0 spiro atoms. The van der Waals surface area contributed by atoms with E-state index in [1.807, 2.05) is 7.05 Å². The molecular weight excluding hydrogens is 383 g/mol. The van der Waals surface area contributed by atoms with Gasteiger partial charge in [0, 0.05) is 24.1 Å². The number of Topliss-reactive ketones (excluding diaryl/α,β-unsaturated/α-hetero) is 1. The predicted octanol–water partition coefficient (Wildman–Crippen LogP) is 5.08. The maximum absolute atomic E-state index is 13.4. The molecule has 1 aromatic carbocycles. The van der Waals surface area contributed by atoms with E-state index >= 15 is 0 Å². The van der Waals surface area contributed by atoms with Gasteiger partial charge in [0.1, 0.15) is 11.5 Å². The van der Waals surface area contributed by atoms with Crippen LogP contribution in [0.2, 0.25) is 0 Å². The number of rotatable bonds is 11. The fourth-order valence-electron chi connectivity index (χ4n) is 2.98. The van der Waals surface area contributed by atoms with Crippen molar-refractivity contribution in [2.45, 2.75) is 52.3 Å². The van der Waals surface area contributed by atoms with E-state index in [1.165, 1.54) is 6.92 Å². The number of hydrogen-bond donors (Lipinski definition) is 1. The van der Waals surface area contributed by atoms with Crippen LogP contribution < -0.4 is 4.74 Å². The molecule has 1 aromatic heterocycles. The van der Waals surface area contributed by atoms with Crippen molar-refractivity contribution in [3.63, 3.8) is 0 Å². The van der Waals surface area contributed by atoms with Crippen molar-refractivity contribution in [2.24, 2.45) is 0 Å². The van der Waals surface area contributed by atoms with Crippen molar-refractivity contribution in [3.8, 4) is 17.0 Å². The van der Waals surface area contributed by atoms with E-state index in [0.29, 0.717) is 30.6 Å². The Morgan fingerprint density at radius 2 is 2.00 bits per heavy atom. The van der Waals surface area contributed by atoms with E-state index in [2.05, 4.69) is 22.0 Å². The SMILES string of the molecule is CCCCN(C)Cc1cn[nH]c1-c1cc(OCCCC(C)=O)cc(C(F)(F)F)c1. The van der Waals surface area contributed by atoms with Gasteiger partial charge in [-0.15, -0.1) is 0 Å². The Hall–Kier alpha value is -2.35. The van der Waals surface area contributed by atoms with Crippen LogP contribution >= 0.6 is 0 Å². The average molecular weight is 411 g/mol. The Morgan fingerprint density at radius 3 is 2.66 bits per heavy atom. The summed E-state index contributed by atoms with van der Waals surface area (Å²) in [4.78, 5) is 13.1. The summed E-state index contributed by atoms with van der Waals surface area (Å²) in [5.74, 6) is 0.144. The number of nitrogens with one attached hydrogen (secondary N) is 1. The minimum atomic E-state index is -4.49. The zero-order valence-electron chi connectivity index (χ0n) is 17.1. The van der Waals surface area contributed by atoms with Crippen LogP contribution in [0.1, 0.15) is 50.7 Å². The highest BCUT2D eigenvalue weighted by molar-refractivity contribution is 5.75. The summed E-state index contributed by atoms with van der Waals surface area (Å²) < 4.78 is 45.7. The topological polar surface area (TPSA) is 58.2 Å². The van der Waals surface area contributed by atoms with Crippen molar-refractivity contribution in [3.05, 3.63) is 35.5 Å². The number of halogens is 3. The first-order valence-electron chi connectivity index (χ1n) is 9.76. The van der Waals surface area contributed by atoms with Gasteiger partial charge in [-0.1, -0.05) is 13.3 Å². The largest absolute Gasteiger partial charge is 0.494 e. The predicted molar refractivity (Wildman–Crippen MR) is 106 cm³/mol. The second-order valence-electron chi connectivity index (χ2n) is 7.26. The molecule has 0 amide bonds. The molecule has 1 N–H and O–H groups in total. The van der Waals surface area contributed by atoms with Crippen molar-refractivity contribution < 1.29 is 22.7 Å². The van der Waals surface area contributed by atoms with Gasteiger partial charge in [-0.2, -0.15) is 18.3 Å². The van der Waals surface area contributed by atoms with Crippen molar-refractivity contribution >= 4 is 5.78 Å². The molecule has 0 fully saturated rings. The van der Waals surface area contributed by atoms with Gasteiger partial charge in [-0.05, 0) is 51.6 Å². The maximum Gasteiger partial charge on any atom is 0.416 e. The summed E-state index contributed by atoms with van der Waals surface area (Å²) in [6, 6.07) is 3.66. The fraction of sp³-hybridized carbons (Fsp3) is 0.524. The number of ketones is 1. The molecule has 1 heterocycles. The van der Waals surface area contributed by atoms with Gasteiger partial charge in [0.05, 0.1) is 24.1 Å². The lowest BCUT2D eigenvalue weighted by Gasteiger charge is -2.17. The number of nitrogens with zero attached hydrogens (tertiary/aromatic N) is 2. The molecule has 0 saturated heterocycles. The molecule has 29 heavy (non-hydrogen) atoms. The molecular formula is C21H28F3N3O2. The van der Waals surface area contributed by atoms with Crippen molar-refractivity contribution in [2.75, 3.05) is 20.2 Å². The Kier molecular flexibility index (Phi) is 8.25. The van der Waals surface area contributed by atoms with Gasteiger partial charge in [-0.25, -0.2) is 0 Å². The first-order chi connectivity index (χ1) is 13.7. The van der Waals surface area contributed by atoms with Gasteiger partial charge in [0.2, 0.25) is 0 Å². The molecule has 0 unspecified atom stereocenters. The number of hydrogen-bond acceptors (Lipinski definition) is 4. The minimum absolute atomic E-state index is 0.0209. The van der Waals surface area contributed by atoms with Crippen LogP contribution in [0.5, 0.6) is 5.75 Å². The number of carbonyl (C=O) groups is 1. The smallest absolute Gasteiger partial charge is 0.416 e. The summed E-state index contributed by atoms with van der Waals surface area (Å²) in [6.45, 7) is 5.23. The number of unbranched alkanes of at least 4 members (excludes halogenated alkanes) is 1. The molecule has 160 valence electrons. The molecule has 8 heteroatoms. The zero-order valence-corrected chi connectivity index (χ0v) is 17.1. The van der Waals surface area contributed by atoms with Gasteiger partial charge in [0.15, 0.2) is 0 Å². The number of benzene rings is 1. The third-order valence-corrected chi connectivity index (χ3v) is 4.52. The molecule has 2 rings (SSSR count). The summed E-state index contributed by atoms with van der Waals surface area (Å²) in [6.07, 6.45) is 0.0577. The van der Waals surface area contributed by atoms with Crippen LogP contribution in [0.15, 0.2) is 24.4 Å². The number of aromatic nitrogens is 2. The highest BCUT2D eigenvalue weighted by atomic mass is 19.4. The second-order valence-corrected chi connectivity index (χ2v) is 7.26. The van der Waals surface area contributed by atoms with Crippen LogP contribution in [0, 0.1) is 0 Å². The van der Waals surface area contributed by atoms with E-state index in [1.54, 1.807) is 12.3 Å². The zero-order chi connectivity index (χ0) is 21.4. The molecule has 0 bridgehead atoms. The van der Waals surface area contributed by atoms with Crippen LogP contribution in [-0.2, 0) is 17.5 Å². The fourth-order valence-corrected chi connectivity index (χ4v) is 2.98. The Bertz CT molecular complexity index is 803. The standard InChI is InChI=1S/C21H28F3N3O2/c1-4-5-8-27(3)14-17-13-25-26-20(17)16-10-18(21(22,23)24)12-19(11-16)29-9-6-7-15(2)28/h10-13H,4-9,14H2,1-3H3,(H,25,26). The number of aromatic amines is 1. The van der Waals surface area contributed by atoms with E-state index in [4.69, 9.17) is 4.74 Å². The second kappa shape index (κ2) is 10.4. The Balaban J connectivity index is 2.26. The van der Waals surface area contributed by atoms with Gasteiger partial charge >= 0.3 is 6.18 Å². The van der Waals surface area contributed by atoms with E-state index in [9.17, 15) is 18.0 Å². The summed E-state index contributed by atoms with van der Waals surface area (Å²) in [5.41, 5.74) is 0.965. The number of H-pyrrole nitrogens is 1. The third kappa shape index (κ3) is 7.20. The van der Waals surface area contributed by atoms with Crippen LogP contribution in [0.4, 0.5) is 13.2 Å². The molecule has 0 aliphatic rings. The Labute approximate surface area is 169 Å². The lowest BCUT2D eigenvalue weighted by Crippen LogP contribution is -2.19. The number of alkyl halides is 3. The van der Waals surface area contributed by atoms with Crippen LogP contribution in [0.3, 0.4) is 0 Å².